The Morgan fingerprint density at radius 3 is 2.62 bits per heavy atom. The van der Waals surface area contributed by atoms with Gasteiger partial charge < -0.3 is 10.5 Å². The Kier molecular flexibility index (Phi) is 3.23. The maximum absolute atomic E-state index is 13.4. The third-order valence-corrected chi connectivity index (χ3v) is 3.04. The van der Waals surface area contributed by atoms with Crippen LogP contribution in [0.5, 0.6) is 5.75 Å². The number of benzene rings is 2. The van der Waals surface area contributed by atoms with Crippen molar-refractivity contribution in [2.75, 3.05) is 12.8 Å². The first-order valence-corrected chi connectivity index (χ1v) is 6.17. The average Bonchev–Trinajstić information content (AvgIpc) is 2.99. The van der Waals surface area contributed by atoms with E-state index in [1.165, 1.54) is 22.9 Å². The van der Waals surface area contributed by atoms with Gasteiger partial charge in [0.1, 0.15) is 11.6 Å². The van der Waals surface area contributed by atoms with Gasteiger partial charge in [-0.3, -0.25) is 0 Å². The lowest BCUT2D eigenvalue weighted by Gasteiger charge is -2.07. The fourth-order valence-electron chi connectivity index (χ4n) is 1.97. The molecule has 0 aliphatic heterocycles. The molecular weight excluding hydrogens is 273 g/mol. The van der Waals surface area contributed by atoms with Crippen LogP contribution in [0.4, 0.5) is 10.1 Å². The van der Waals surface area contributed by atoms with Crippen LogP contribution in [0.2, 0.25) is 0 Å². The van der Waals surface area contributed by atoms with Crippen LogP contribution in [0.15, 0.2) is 42.5 Å². The van der Waals surface area contributed by atoms with E-state index in [1.807, 2.05) is 0 Å². The Bertz CT molecular complexity index is 769. The second-order valence-corrected chi connectivity index (χ2v) is 4.34. The number of aromatic nitrogens is 4. The highest BCUT2D eigenvalue weighted by Gasteiger charge is 2.14. The molecule has 0 bridgehead atoms. The summed E-state index contributed by atoms with van der Waals surface area (Å²) in [4.78, 5) is 0. The molecule has 3 rings (SSSR count). The van der Waals surface area contributed by atoms with Crippen LogP contribution in [-0.2, 0) is 0 Å². The van der Waals surface area contributed by atoms with Crippen molar-refractivity contribution in [1.82, 2.24) is 20.2 Å². The average molecular weight is 285 g/mol. The van der Waals surface area contributed by atoms with Gasteiger partial charge in [0.05, 0.1) is 12.8 Å². The largest absolute Gasteiger partial charge is 0.497 e. The number of hydrogen-bond acceptors (Lipinski definition) is 5. The van der Waals surface area contributed by atoms with Crippen molar-refractivity contribution in [2.45, 2.75) is 0 Å². The fraction of sp³-hybridized carbons (Fsp3) is 0.0714. The van der Waals surface area contributed by atoms with Crippen molar-refractivity contribution in [2.24, 2.45) is 0 Å². The highest BCUT2D eigenvalue weighted by atomic mass is 19.1. The van der Waals surface area contributed by atoms with Crippen LogP contribution in [0, 0.1) is 5.82 Å². The molecule has 0 fully saturated rings. The van der Waals surface area contributed by atoms with Crippen molar-refractivity contribution < 1.29 is 9.13 Å². The molecule has 0 aliphatic rings. The van der Waals surface area contributed by atoms with Crippen molar-refractivity contribution >= 4 is 5.69 Å². The summed E-state index contributed by atoms with van der Waals surface area (Å²) >= 11 is 0. The van der Waals surface area contributed by atoms with Gasteiger partial charge in [-0.15, -0.1) is 5.10 Å². The zero-order valence-corrected chi connectivity index (χ0v) is 11.2. The number of rotatable bonds is 3. The highest BCUT2D eigenvalue weighted by molar-refractivity contribution is 5.72. The van der Waals surface area contributed by atoms with E-state index in [1.54, 1.807) is 31.4 Å². The van der Waals surface area contributed by atoms with Crippen molar-refractivity contribution in [3.63, 3.8) is 0 Å². The molecule has 21 heavy (non-hydrogen) atoms. The SMILES string of the molecule is COc1ccc(-n2nnnc2-c2cc(F)ccc2N)cc1. The molecule has 0 aliphatic carbocycles. The molecule has 0 radical (unpaired) electrons. The van der Waals surface area contributed by atoms with Crippen LogP contribution in [0.3, 0.4) is 0 Å². The van der Waals surface area contributed by atoms with Gasteiger partial charge in [0.2, 0.25) is 0 Å². The molecule has 2 aromatic carbocycles. The van der Waals surface area contributed by atoms with Crippen molar-refractivity contribution in [3.8, 4) is 22.8 Å². The molecular formula is C14H12FN5O. The Hall–Kier alpha value is -2.96. The van der Waals surface area contributed by atoms with Gasteiger partial charge in [0, 0.05) is 11.3 Å². The van der Waals surface area contributed by atoms with Gasteiger partial charge in [-0.2, -0.15) is 4.68 Å². The minimum absolute atomic E-state index is 0.372. The Balaban J connectivity index is 2.10. The molecule has 0 unspecified atom stereocenters. The van der Waals surface area contributed by atoms with Gasteiger partial charge in [-0.05, 0) is 52.9 Å². The number of anilines is 1. The standard InChI is InChI=1S/C14H12FN5O/c1-21-11-5-3-10(4-6-11)20-14(17-18-19-20)12-8-9(15)2-7-13(12)16/h2-8H,16H2,1H3. The summed E-state index contributed by atoms with van der Waals surface area (Å²) in [5, 5.41) is 11.5. The van der Waals surface area contributed by atoms with Gasteiger partial charge in [-0.1, -0.05) is 0 Å². The first kappa shape index (κ1) is 13.0. The zero-order chi connectivity index (χ0) is 14.8. The summed E-state index contributed by atoms with van der Waals surface area (Å²) < 4.78 is 20.0. The summed E-state index contributed by atoms with van der Waals surface area (Å²) in [6.45, 7) is 0. The molecule has 0 spiro atoms. The van der Waals surface area contributed by atoms with E-state index in [0.717, 1.165) is 11.4 Å². The van der Waals surface area contributed by atoms with Crippen LogP contribution < -0.4 is 10.5 Å². The maximum atomic E-state index is 13.4. The van der Waals surface area contributed by atoms with Crippen LogP contribution in [-0.4, -0.2) is 27.3 Å². The fourth-order valence-corrected chi connectivity index (χ4v) is 1.97. The molecule has 7 heteroatoms. The lowest BCUT2D eigenvalue weighted by molar-refractivity contribution is 0.414. The highest BCUT2D eigenvalue weighted by Crippen LogP contribution is 2.26. The third-order valence-electron chi connectivity index (χ3n) is 3.04. The van der Waals surface area contributed by atoms with E-state index in [-0.39, 0.29) is 0 Å². The quantitative estimate of drug-likeness (QED) is 0.745. The number of ether oxygens (including phenoxy) is 1. The Morgan fingerprint density at radius 1 is 1.14 bits per heavy atom. The number of methoxy groups -OCH3 is 1. The smallest absolute Gasteiger partial charge is 0.189 e. The molecule has 106 valence electrons. The normalized spacial score (nSPS) is 10.6. The minimum Gasteiger partial charge on any atom is -0.497 e. The van der Waals surface area contributed by atoms with Gasteiger partial charge in [0.15, 0.2) is 5.82 Å². The number of hydrogen-bond donors (Lipinski definition) is 1. The number of tetrazole rings is 1. The first-order chi connectivity index (χ1) is 10.2. The third kappa shape index (κ3) is 2.40. The Morgan fingerprint density at radius 2 is 1.90 bits per heavy atom. The number of halogens is 1. The molecule has 0 atom stereocenters. The van der Waals surface area contributed by atoms with Crippen molar-refractivity contribution in [3.05, 3.63) is 48.3 Å². The second kappa shape index (κ2) is 5.20. The van der Waals surface area contributed by atoms with E-state index in [0.29, 0.717) is 17.1 Å². The maximum Gasteiger partial charge on any atom is 0.189 e. The van der Waals surface area contributed by atoms with Crippen molar-refractivity contribution in [1.29, 1.82) is 0 Å². The summed E-state index contributed by atoms with van der Waals surface area (Å²) in [7, 11) is 1.59. The predicted molar refractivity (Wildman–Crippen MR) is 75.5 cm³/mol. The molecule has 1 aromatic heterocycles. The molecule has 0 saturated carbocycles. The summed E-state index contributed by atoms with van der Waals surface area (Å²) in [5.41, 5.74) is 7.44. The number of nitrogens with two attached hydrogens (primary N) is 1. The van der Waals surface area contributed by atoms with Crippen LogP contribution >= 0.6 is 0 Å². The molecule has 3 aromatic rings. The van der Waals surface area contributed by atoms with Gasteiger partial charge in [-0.25, -0.2) is 4.39 Å². The monoisotopic (exact) mass is 285 g/mol. The first-order valence-electron chi connectivity index (χ1n) is 6.17. The Labute approximate surface area is 120 Å². The molecule has 6 nitrogen and oxygen atoms in total. The van der Waals surface area contributed by atoms with Gasteiger partial charge in [0.25, 0.3) is 0 Å². The minimum atomic E-state index is -0.400. The predicted octanol–water partition coefficient (Wildman–Crippen LogP) is 2.06. The van der Waals surface area contributed by atoms with E-state index >= 15 is 0 Å². The molecule has 0 saturated heterocycles. The summed E-state index contributed by atoms with van der Waals surface area (Å²) in [6, 6.07) is 11.3. The second-order valence-electron chi connectivity index (χ2n) is 4.34. The number of nitrogens with zero attached hydrogens (tertiary/aromatic N) is 4. The van der Waals surface area contributed by atoms with Crippen LogP contribution in [0.1, 0.15) is 0 Å². The van der Waals surface area contributed by atoms with Gasteiger partial charge >= 0.3 is 0 Å². The number of nitrogen functional groups attached to an aromatic ring is 1. The summed E-state index contributed by atoms with van der Waals surface area (Å²) in [5.74, 6) is 0.694. The van der Waals surface area contributed by atoms with Crippen LogP contribution in [0.25, 0.3) is 17.1 Å². The topological polar surface area (TPSA) is 78.8 Å². The van der Waals surface area contributed by atoms with E-state index in [2.05, 4.69) is 15.5 Å². The zero-order valence-electron chi connectivity index (χ0n) is 11.2. The molecule has 0 amide bonds. The van der Waals surface area contributed by atoms with E-state index < -0.39 is 5.82 Å². The van der Waals surface area contributed by atoms with E-state index in [9.17, 15) is 4.39 Å². The lowest BCUT2D eigenvalue weighted by Crippen LogP contribution is -2.02. The summed E-state index contributed by atoms with van der Waals surface area (Å²) in [6.07, 6.45) is 0. The van der Waals surface area contributed by atoms with E-state index in [4.69, 9.17) is 10.5 Å². The molecule has 2 N–H and O–H groups in total. The molecule has 1 heterocycles. The lowest BCUT2D eigenvalue weighted by atomic mass is 10.1.